The van der Waals surface area contributed by atoms with Gasteiger partial charge in [-0.3, -0.25) is 14.4 Å². The Labute approximate surface area is 183 Å². The molecule has 31 heavy (non-hydrogen) atoms. The molecular formula is C24H30N4O3. The van der Waals surface area contributed by atoms with Crippen molar-refractivity contribution < 1.29 is 14.4 Å². The van der Waals surface area contributed by atoms with E-state index < -0.39 is 0 Å². The summed E-state index contributed by atoms with van der Waals surface area (Å²) in [6.45, 7) is 7.44. The van der Waals surface area contributed by atoms with Crippen LogP contribution >= 0.6 is 0 Å². The van der Waals surface area contributed by atoms with Gasteiger partial charge in [0.25, 0.3) is 11.8 Å². The number of carbonyl (C=O) groups is 3. The van der Waals surface area contributed by atoms with E-state index in [4.69, 9.17) is 0 Å². The molecule has 0 bridgehead atoms. The van der Waals surface area contributed by atoms with Crippen molar-refractivity contribution >= 4 is 29.1 Å². The number of likely N-dealkylation sites (tertiary alicyclic amines) is 1. The van der Waals surface area contributed by atoms with Crippen molar-refractivity contribution in [2.75, 3.05) is 30.3 Å². The predicted molar refractivity (Wildman–Crippen MR) is 122 cm³/mol. The fraction of sp³-hybridized carbons (Fsp3) is 0.375. The van der Waals surface area contributed by atoms with Crippen LogP contribution in [0.5, 0.6) is 0 Å². The summed E-state index contributed by atoms with van der Waals surface area (Å²) in [5.41, 5.74) is 2.14. The molecule has 3 rings (SSSR count). The molecule has 3 N–H and O–H groups in total. The lowest BCUT2D eigenvalue weighted by molar-refractivity contribution is -0.114. The molecule has 0 atom stereocenters. The highest BCUT2D eigenvalue weighted by Crippen LogP contribution is 2.16. The second-order valence-corrected chi connectivity index (χ2v) is 8.76. The molecule has 0 spiro atoms. The molecule has 0 aromatic heterocycles. The summed E-state index contributed by atoms with van der Waals surface area (Å²) in [6, 6.07) is 14.0. The van der Waals surface area contributed by atoms with E-state index in [1.807, 2.05) is 25.7 Å². The van der Waals surface area contributed by atoms with E-state index in [1.54, 1.807) is 48.5 Å². The summed E-state index contributed by atoms with van der Waals surface area (Å²) < 4.78 is 0. The Bertz CT molecular complexity index is 942. The normalized spacial score (nSPS) is 13.6. The Balaban J connectivity index is 1.51. The first-order valence-corrected chi connectivity index (χ1v) is 10.6. The molecule has 1 heterocycles. The molecule has 1 fully saturated rings. The Hall–Kier alpha value is -3.35. The number of anilines is 2. The summed E-state index contributed by atoms with van der Waals surface area (Å²) in [7, 11) is 0. The van der Waals surface area contributed by atoms with Gasteiger partial charge in [0.2, 0.25) is 5.91 Å². The van der Waals surface area contributed by atoms with Crippen molar-refractivity contribution in [2.45, 2.75) is 39.2 Å². The maximum atomic E-state index is 12.4. The van der Waals surface area contributed by atoms with Crippen LogP contribution in [-0.4, -0.2) is 47.8 Å². The lowest BCUT2D eigenvalue weighted by Crippen LogP contribution is -2.40. The molecule has 1 saturated heterocycles. The van der Waals surface area contributed by atoms with E-state index in [0.717, 1.165) is 25.9 Å². The topological polar surface area (TPSA) is 90.5 Å². The molecule has 0 saturated carbocycles. The van der Waals surface area contributed by atoms with Gasteiger partial charge in [-0.2, -0.15) is 0 Å². The van der Waals surface area contributed by atoms with Gasteiger partial charge in [-0.1, -0.05) is 6.07 Å². The lowest BCUT2D eigenvalue weighted by atomic mass is 10.1. The predicted octanol–water partition coefficient (Wildman–Crippen LogP) is 3.50. The lowest BCUT2D eigenvalue weighted by Gasteiger charge is -2.20. The monoisotopic (exact) mass is 422 g/mol. The van der Waals surface area contributed by atoms with E-state index in [-0.39, 0.29) is 29.8 Å². The maximum absolute atomic E-state index is 12.4. The summed E-state index contributed by atoms with van der Waals surface area (Å²) in [6.07, 6.45) is 2.11. The Morgan fingerprint density at radius 3 is 2.23 bits per heavy atom. The number of carbonyl (C=O) groups excluding carboxylic acids is 3. The van der Waals surface area contributed by atoms with E-state index in [2.05, 4.69) is 16.0 Å². The highest BCUT2D eigenvalue weighted by atomic mass is 16.2. The zero-order chi connectivity index (χ0) is 22.4. The first-order valence-electron chi connectivity index (χ1n) is 10.6. The zero-order valence-electron chi connectivity index (χ0n) is 18.3. The minimum absolute atomic E-state index is 0.0347. The molecule has 1 aliphatic rings. The molecule has 7 heteroatoms. The molecule has 164 valence electrons. The minimum atomic E-state index is -0.324. The van der Waals surface area contributed by atoms with E-state index >= 15 is 0 Å². The van der Waals surface area contributed by atoms with E-state index in [0.29, 0.717) is 22.5 Å². The average molecular weight is 423 g/mol. The second-order valence-electron chi connectivity index (χ2n) is 8.76. The van der Waals surface area contributed by atoms with Gasteiger partial charge < -0.3 is 20.9 Å². The van der Waals surface area contributed by atoms with Gasteiger partial charge in [-0.25, -0.2) is 0 Å². The minimum Gasteiger partial charge on any atom is -0.376 e. The third-order valence-corrected chi connectivity index (χ3v) is 4.88. The number of benzene rings is 2. The molecule has 2 aromatic carbocycles. The molecular weight excluding hydrogens is 392 g/mol. The number of nitrogens with one attached hydrogen (secondary N) is 3. The Morgan fingerprint density at radius 2 is 1.58 bits per heavy atom. The van der Waals surface area contributed by atoms with Gasteiger partial charge in [0.15, 0.2) is 0 Å². The van der Waals surface area contributed by atoms with Gasteiger partial charge in [0, 0.05) is 41.1 Å². The SMILES string of the molecule is CC(C)(C)NC(=O)c1cccc(NCC(=O)Nc2ccc(C(=O)N3CCCC3)cc2)c1. The highest BCUT2D eigenvalue weighted by molar-refractivity contribution is 5.97. The quantitative estimate of drug-likeness (QED) is 0.665. The fourth-order valence-electron chi connectivity index (χ4n) is 3.37. The van der Waals surface area contributed by atoms with Crippen LogP contribution in [0.15, 0.2) is 48.5 Å². The van der Waals surface area contributed by atoms with Crippen LogP contribution in [0.4, 0.5) is 11.4 Å². The Morgan fingerprint density at radius 1 is 0.903 bits per heavy atom. The summed E-state index contributed by atoms with van der Waals surface area (Å²) in [4.78, 5) is 38.8. The van der Waals surface area contributed by atoms with Gasteiger partial charge in [0.05, 0.1) is 6.54 Å². The summed E-state index contributed by atoms with van der Waals surface area (Å²) in [5.74, 6) is -0.347. The third-order valence-electron chi connectivity index (χ3n) is 4.88. The van der Waals surface area contributed by atoms with Crippen LogP contribution in [0.25, 0.3) is 0 Å². The summed E-state index contributed by atoms with van der Waals surface area (Å²) in [5, 5.41) is 8.76. The maximum Gasteiger partial charge on any atom is 0.253 e. The smallest absolute Gasteiger partial charge is 0.253 e. The number of nitrogens with zero attached hydrogens (tertiary/aromatic N) is 1. The van der Waals surface area contributed by atoms with Crippen molar-refractivity contribution in [2.24, 2.45) is 0 Å². The average Bonchev–Trinajstić information content (AvgIpc) is 3.26. The molecule has 7 nitrogen and oxygen atoms in total. The van der Waals surface area contributed by atoms with E-state index in [9.17, 15) is 14.4 Å². The van der Waals surface area contributed by atoms with Crippen molar-refractivity contribution in [1.29, 1.82) is 0 Å². The molecule has 2 aromatic rings. The molecule has 3 amide bonds. The van der Waals surface area contributed by atoms with Crippen molar-refractivity contribution in [3.8, 4) is 0 Å². The molecule has 1 aliphatic heterocycles. The van der Waals surface area contributed by atoms with Crippen LogP contribution in [-0.2, 0) is 4.79 Å². The largest absolute Gasteiger partial charge is 0.376 e. The number of hydrogen-bond acceptors (Lipinski definition) is 4. The van der Waals surface area contributed by atoms with E-state index in [1.165, 1.54) is 0 Å². The zero-order valence-corrected chi connectivity index (χ0v) is 18.3. The fourth-order valence-corrected chi connectivity index (χ4v) is 3.37. The van der Waals surface area contributed by atoms with Gasteiger partial charge in [-0.15, -0.1) is 0 Å². The number of hydrogen-bond donors (Lipinski definition) is 3. The highest BCUT2D eigenvalue weighted by Gasteiger charge is 2.19. The van der Waals surface area contributed by atoms with Gasteiger partial charge in [0.1, 0.15) is 0 Å². The molecule has 0 aliphatic carbocycles. The second kappa shape index (κ2) is 9.64. The van der Waals surface area contributed by atoms with Crippen molar-refractivity contribution in [3.63, 3.8) is 0 Å². The van der Waals surface area contributed by atoms with Crippen molar-refractivity contribution in [1.82, 2.24) is 10.2 Å². The molecule has 0 radical (unpaired) electrons. The van der Waals surface area contributed by atoms with Gasteiger partial charge in [-0.05, 0) is 76.1 Å². The van der Waals surface area contributed by atoms with Crippen LogP contribution in [0.3, 0.4) is 0 Å². The summed E-state index contributed by atoms with van der Waals surface area (Å²) >= 11 is 0. The van der Waals surface area contributed by atoms with Crippen LogP contribution < -0.4 is 16.0 Å². The van der Waals surface area contributed by atoms with Crippen LogP contribution in [0, 0.1) is 0 Å². The van der Waals surface area contributed by atoms with Gasteiger partial charge >= 0.3 is 0 Å². The Kier molecular flexibility index (Phi) is 6.95. The molecule has 0 unspecified atom stereocenters. The third kappa shape index (κ3) is 6.57. The first-order chi connectivity index (χ1) is 14.7. The van der Waals surface area contributed by atoms with Crippen LogP contribution in [0.1, 0.15) is 54.3 Å². The van der Waals surface area contributed by atoms with Crippen LogP contribution in [0.2, 0.25) is 0 Å². The van der Waals surface area contributed by atoms with Crippen molar-refractivity contribution in [3.05, 3.63) is 59.7 Å². The standard InChI is InChI=1S/C24H30N4O3/c1-24(2,3)27-22(30)18-7-6-8-20(15-18)25-16-21(29)26-19-11-9-17(10-12-19)23(31)28-13-4-5-14-28/h6-12,15,25H,4-5,13-14,16H2,1-3H3,(H,26,29)(H,27,30). The number of amides is 3. The first kappa shape index (κ1) is 22.3. The number of rotatable bonds is 6.